The number of hydrogen-bond acceptors (Lipinski definition) is 5. The molecule has 2 atom stereocenters. The van der Waals surface area contributed by atoms with Crippen molar-refractivity contribution in [1.29, 1.82) is 0 Å². The highest BCUT2D eigenvalue weighted by Crippen LogP contribution is 2.30. The van der Waals surface area contributed by atoms with Gasteiger partial charge in [0.1, 0.15) is 5.76 Å². The summed E-state index contributed by atoms with van der Waals surface area (Å²) in [5.41, 5.74) is 9.04. The zero-order valence-corrected chi connectivity index (χ0v) is 14.8. The Morgan fingerprint density at radius 3 is 2.84 bits per heavy atom. The Bertz CT molecular complexity index is 745. The number of rotatable bonds is 5. The van der Waals surface area contributed by atoms with Gasteiger partial charge in [-0.3, -0.25) is 10.3 Å². The van der Waals surface area contributed by atoms with Gasteiger partial charge in [-0.05, 0) is 50.3 Å². The fourth-order valence-electron chi connectivity index (χ4n) is 3.08. The summed E-state index contributed by atoms with van der Waals surface area (Å²) >= 11 is 0. The standard InChI is InChI=1S/C18H24N6O/c1-11-8-12(2)23-18(22-11)24-17(19)20-7-6-13-10-21-16-9-14(25-3)4-5-15(13)16/h4-5,8-10,15-16,21H,6-7H2,1-3H3,(H3,19,20,22,23,24)/t15-,16?/m0/s1. The minimum Gasteiger partial charge on any atom is -0.497 e. The first-order valence-corrected chi connectivity index (χ1v) is 8.33. The predicted molar refractivity (Wildman–Crippen MR) is 99.0 cm³/mol. The SMILES string of the molecule is COC1=CC2NC=C(CCN=C(N)Nc3nc(C)cc(C)n3)[C@@H]2C=C1. The van der Waals surface area contributed by atoms with Crippen molar-refractivity contribution >= 4 is 11.9 Å². The maximum Gasteiger partial charge on any atom is 0.229 e. The Hall–Kier alpha value is -2.83. The van der Waals surface area contributed by atoms with E-state index in [4.69, 9.17) is 10.5 Å². The normalized spacial score (nSPS) is 22.0. The van der Waals surface area contributed by atoms with Crippen molar-refractivity contribution in [3.8, 4) is 0 Å². The van der Waals surface area contributed by atoms with Crippen molar-refractivity contribution in [3.63, 3.8) is 0 Å². The van der Waals surface area contributed by atoms with Crippen LogP contribution in [0.25, 0.3) is 0 Å². The Labute approximate surface area is 147 Å². The Balaban J connectivity index is 1.53. The lowest BCUT2D eigenvalue weighted by molar-refractivity contribution is 0.299. The molecule has 3 rings (SSSR count). The summed E-state index contributed by atoms with van der Waals surface area (Å²) in [6, 6.07) is 2.17. The Morgan fingerprint density at radius 1 is 1.36 bits per heavy atom. The predicted octanol–water partition coefficient (Wildman–Crippen LogP) is 1.78. The number of aliphatic imine (C=N–C) groups is 1. The molecule has 0 aromatic carbocycles. The number of anilines is 1. The van der Waals surface area contributed by atoms with E-state index in [9.17, 15) is 0 Å². The second kappa shape index (κ2) is 7.38. The molecule has 25 heavy (non-hydrogen) atoms. The number of nitrogens with zero attached hydrogens (tertiary/aromatic N) is 3. The van der Waals surface area contributed by atoms with Crippen molar-refractivity contribution in [3.05, 3.63) is 53.2 Å². The molecule has 7 nitrogen and oxygen atoms in total. The van der Waals surface area contributed by atoms with Crippen molar-refractivity contribution < 1.29 is 4.74 Å². The molecule has 2 heterocycles. The number of aryl methyl sites for hydroxylation is 2. The second-order valence-corrected chi connectivity index (χ2v) is 6.19. The van der Waals surface area contributed by atoms with Gasteiger partial charge in [-0.2, -0.15) is 0 Å². The summed E-state index contributed by atoms with van der Waals surface area (Å²) in [7, 11) is 1.68. The third-order valence-corrected chi connectivity index (χ3v) is 4.23. The molecule has 0 saturated heterocycles. The summed E-state index contributed by atoms with van der Waals surface area (Å²) in [4.78, 5) is 13.0. The molecule has 1 aliphatic carbocycles. The second-order valence-electron chi connectivity index (χ2n) is 6.19. The first-order chi connectivity index (χ1) is 12.0. The molecule has 0 spiro atoms. The number of hydrogen-bond donors (Lipinski definition) is 3. The van der Waals surface area contributed by atoms with Gasteiger partial charge in [0.05, 0.1) is 13.2 Å². The van der Waals surface area contributed by atoms with Gasteiger partial charge in [0.2, 0.25) is 5.95 Å². The van der Waals surface area contributed by atoms with Crippen LogP contribution in [0.2, 0.25) is 0 Å². The van der Waals surface area contributed by atoms with Crippen LogP contribution in [0.1, 0.15) is 17.8 Å². The molecule has 0 radical (unpaired) electrons. The van der Waals surface area contributed by atoms with Crippen molar-refractivity contribution in [2.75, 3.05) is 19.0 Å². The molecule has 2 aliphatic rings. The smallest absolute Gasteiger partial charge is 0.229 e. The van der Waals surface area contributed by atoms with Crippen LogP contribution in [0.3, 0.4) is 0 Å². The van der Waals surface area contributed by atoms with Crippen LogP contribution in [0.4, 0.5) is 5.95 Å². The first kappa shape index (κ1) is 17.0. The molecule has 4 N–H and O–H groups in total. The van der Waals surface area contributed by atoms with Gasteiger partial charge >= 0.3 is 0 Å². The lowest BCUT2D eigenvalue weighted by Gasteiger charge is -2.21. The van der Waals surface area contributed by atoms with E-state index in [0.717, 1.165) is 23.6 Å². The lowest BCUT2D eigenvalue weighted by atomic mass is 9.89. The van der Waals surface area contributed by atoms with E-state index in [1.165, 1.54) is 5.57 Å². The molecule has 0 saturated carbocycles. The number of nitrogens with two attached hydrogens (primary N) is 1. The number of aromatic nitrogens is 2. The molecule has 1 unspecified atom stereocenters. The van der Waals surface area contributed by atoms with Gasteiger partial charge < -0.3 is 15.8 Å². The van der Waals surface area contributed by atoms with E-state index < -0.39 is 0 Å². The number of allylic oxidation sites excluding steroid dienone is 1. The third-order valence-electron chi connectivity index (χ3n) is 4.23. The summed E-state index contributed by atoms with van der Waals surface area (Å²) < 4.78 is 5.27. The van der Waals surface area contributed by atoms with Gasteiger partial charge in [0, 0.05) is 23.9 Å². The quantitative estimate of drug-likeness (QED) is 0.558. The van der Waals surface area contributed by atoms with Crippen molar-refractivity contribution in [2.45, 2.75) is 26.3 Å². The molecular weight excluding hydrogens is 316 g/mol. The fourth-order valence-corrected chi connectivity index (χ4v) is 3.08. The van der Waals surface area contributed by atoms with Crippen LogP contribution >= 0.6 is 0 Å². The number of nitrogens with one attached hydrogen (secondary N) is 2. The highest BCUT2D eigenvalue weighted by atomic mass is 16.5. The minimum absolute atomic E-state index is 0.262. The van der Waals surface area contributed by atoms with Gasteiger partial charge in [-0.15, -0.1) is 0 Å². The number of ether oxygens (including phenoxy) is 1. The number of fused-ring (bicyclic) bond motifs is 1. The molecule has 1 aliphatic heterocycles. The van der Waals surface area contributed by atoms with E-state index >= 15 is 0 Å². The molecule has 0 fully saturated rings. The van der Waals surface area contributed by atoms with E-state index in [0.29, 0.717) is 24.4 Å². The van der Waals surface area contributed by atoms with Gasteiger partial charge in [0.25, 0.3) is 0 Å². The summed E-state index contributed by atoms with van der Waals surface area (Å²) in [6.07, 6.45) is 9.19. The zero-order valence-electron chi connectivity index (χ0n) is 14.8. The van der Waals surface area contributed by atoms with Gasteiger partial charge in [-0.1, -0.05) is 6.08 Å². The third kappa shape index (κ3) is 4.17. The van der Waals surface area contributed by atoms with E-state index in [2.05, 4.69) is 43.9 Å². The van der Waals surface area contributed by atoms with Crippen LogP contribution in [0, 0.1) is 19.8 Å². The Morgan fingerprint density at radius 2 is 2.12 bits per heavy atom. The largest absolute Gasteiger partial charge is 0.497 e. The van der Waals surface area contributed by atoms with Crippen LogP contribution < -0.4 is 16.4 Å². The van der Waals surface area contributed by atoms with Crippen LogP contribution in [0.5, 0.6) is 0 Å². The summed E-state index contributed by atoms with van der Waals surface area (Å²) in [5.74, 6) is 2.05. The topological polar surface area (TPSA) is 97.5 Å². The summed E-state index contributed by atoms with van der Waals surface area (Å²) in [5, 5.41) is 6.33. The van der Waals surface area contributed by atoms with Crippen LogP contribution in [-0.4, -0.2) is 35.6 Å². The van der Waals surface area contributed by atoms with Crippen LogP contribution in [0.15, 0.2) is 46.8 Å². The lowest BCUT2D eigenvalue weighted by Crippen LogP contribution is -2.27. The van der Waals surface area contributed by atoms with E-state index in [1.54, 1.807) is 7.11 Å². The van der Waals surface area contributed by atoms with E-state index in [-0.39, 0.29) is 6.04 Å². The average Bonchev–Trinajstić information content (AvgIpc) is 2.96. The Kier molecular flexibility index (Phi) is 5.02. The summed E-state index contributed by atoms with van der Waals surface area (Å²) in [6.45, 7) is 4.45. The van der Waals surface area contributed by atoms with Gasteiger partial charge in [-0.25, -0.2) is 9.97 Å². The monoisotopic (exact) mass is 340 g/mol. The van der Waals surface area contributed by atoms with Crippen LogP contribution in [-0.2, 0) is 4.74 Å². The molecule has 0 bridgehead atoms. The number of methoxy groups -OCH3 is 1. The average molecular weight is 340 g/mol. The highest BCUT2D eigenvalue weighted by Gasteiger charge is 2.28. The van der Waals surface area contributed by atoms with Crippen molar-refractivity contribution in [1.82, 2.24) is 15.3 Å². The molecule has 1 aromatic rings. The van der Waals surface area contributed by atoms with E-state index in [1.807, 2.05) is 26.0 Å². The highest BCUT2D eigenvalue weighted by molar-refractivity contribution is 5.90. The first-order valence-electron chi connectivity index (χ1n) is 8.33. The fraction of sp³-hybridized carbons (Fsp3) is 0.389. The molecule has 1 aromatic heterocycles. The van der Waals surface area contributed by atoms with Crippen molar-refractivity contribution in [2.24, 2.45) is 16.6 Å². The molecule has 0 amide bonds. The molecular formula is C18H24N6O. The molecule has 132 valence electrons. The molecule has 7 heteroatoms. The zero-order chi connectivity index (χ0) is 17.8. The minimum atomic E-state index is 0.262. The number of guanidine groups is 1. The maximum absolute atomic E-state index is 5.94. The maximum atomic E-state index is 5.94. The van der Waals surface area contributed by atoms with Gasteiger partial charge in [0.15, 0.2) is 5.96 Å².